The molecule has 0 saturated heterocycles. The van der Waals surface area contributed by atoms with Crippen LogP contribution in [0.3, 0.4) is 0 Å². The summed E-state index contributed by atoms with van der Waals surface area (Å²) in [7, 11) is 0. The van der Waals surface area contributed by atoms with Gasteiger partial charge in [0, 0.05) is 18.2 Å². The largest absolute Gasteiger partial charge is 0.492 e. The Bertz CT molecular complexity index is 569. The average molecular weight is 363 g/mol. The zero-order valence-corrected chi connectivity index (χ0v) is 16.4. The molecule has 1 saturated carbocycles. The molecule has 146 valence electrons. The highest BCUT2D eigenvalue weighted by Crippen LogP contribution is 2.35. The molecule has 1 aliphatic carbocycles. The molecule has 0 aromatic heterocycles. The molecule has 0 bridgehead atoms. The molecule has 1 aromatic carbocycles. The van der Waals surface area contributed by atoms with Gasteiger partial charge in [0.2, 0.25) is 0 Å². The summed E-state index contributed by atoms with van der Waals surface area (Å²) in [5.41, 5.74) is 7.66. The van der Waals surface area contributed by atoms with Gasteiger partial charge >= 0.3 is 0 Å². The van der Waals surface area contributed by atoms with Gasteiger partial charge in [-0.05, 0) is 63.6 Å². The van der Waals surface area contributed by atoms with E-state index in [0.29, 0.717) is 36.9 Å². The van der Waals surface area contributed by atoms with Gasteiger partial charge in [0.1, 0.15) is 18.2 Å². The molecule has 0 heterocycles. The number of halogens is 1. The Morgan fingerprint density at radius 2 is 2.19 bits per heavy atom. The summed E-state index contributed by atoms with van der Waals surface area (Å²) in [5.74, 6) is 1.22. The molecule has 1 aliphatic rings. The summed E-state index contributed by atoms with van der Waals surface area (Å²) in [5, 5.41) is 3.65. The first-order valence-corrected chi connectivity index (χ1v) is 10.2. The van der Waals surface area contributed by atoms with E-state index in [1.807, 2.05) is 6.07 Å². The van der Waals surface area contributed by atoms with Crippen molar-refractivity contribution in [3.05, 3.63) is 41.2 Å². The van der Waals surface area contributed by atoms with E-state index in [1.165, 1.54) is 37.3 Å². The van der Waals surface area contributed by atoms with Gasteiger partial charge in [-0.3, -0.25) is 0 Å². The van der Waals surface area contributed by atoms with Gasteiger partial charge in [0.25, 0.3) is 0 Å². The highest BCUT2D eigenvalue weighted by molar-refractivity contribution is 5.34. The number of allylic oxidation sites excluding steroid dienone is 1. The molecule has 0 amide bonds. The summed E-state index contributed by atoms with van der Waals surface area (Å²) >= 11 is 0. The third-order valence-corrected chi connectivity index (χ3v) is 5.04. The first-order valence-electron chi connectivity index (χ1n) is 10.2. The molecule has 3 nitrogen and oxygen atoms in total. The van der Waals surface area contributed by atoms with Crippen molar-refractivity contribution in [3.63, 3.8) is 0 Å². The predicted octanol–water partition coefficient (Wildman–Crippen LogP) is 4.60. The van der Waals surface area contributed by atoms with Gasteiger partial charge in [-0.15, -0.1) is 0 Å². The van der Waals surface area contributed by atoms with E-state index in [4.69, 9.17) is 10.5 Å². The Hall–Kier alpha value is -1.39. The maximum Gasteiger partial charge on any atom is 0.130 e. The molecule has 0 aliphatic heterocycles. The van der Waals surface area contributed by atoms with Crippen molar-refractivity contribution in [1.29, 1.82) is 0 Å². The standard InChI is InChI=1S/C22H35FN2O/c1-3-4-5-8-17(2)22(18-12-13-18)25-15-16-26-21-11-6-10-20(23)19(21)9-7-14-24/h6,8,10-11,18,22,25H,3-5,7,9,12-16,24H2,1-2H3/b17-8+. The van der Waals surface area contributed by atoms with Crippen LogP contribution in [0.25, 0.3) is 0 Å². The highest BCUT2D eigenvalue weighted by atomic mass is 19.1. The number of nitrogens with one attached hydrogen (secondary N) is 1. The predicted molar refractivity (Wildman–Crippen MR) is 107 cm³/mol. The summed E-state index contributed by atoms with van der Waals surface area (Å²) < 4.78 is 19.9. The lowest BCUT2D eigenvalue weighted by Gasteiger charge is -2.20. The van der Waals surface area contributed by atoms with Crippen molar-refractivity contribution in [2.24, 2.45) is 11.7 Å². The van der Waals surface area contributed by atoms with Crippen LogP contribution < -0.4 is 15.8 Å². The topological polar surface area (TPSA) is 47.3 Å². The molecule has 1 unspecified atom stereocenters. The molecule has 0 spiro atoms. The minimum Gasteiger partial charge on any atom is -0.492 e. The average Bonchev–Trinajstić information content (AvgIpc) is 3.46. The number of hydrogen-bond donors (Lipinski definition) is 2. The first kappa shape index (κ1) is 20.9. The van der Waals surface area contributed by atoms with Crippen molar-refractivity contribution in [3.8, 4) is 5.75 Å². The lowest BCUT2D eigenvalue weighted by atomic mass is 10.0. The molecule has 1 aromatic rings. The van der Waals surface area contributed by atoms with E-state index < -0.39 is 0 Å². The fourth-order valence-corrected chi connectivity index (χ4v) is 3.36. The number of ether oxygens (including phenoxy) is 1. The molecule has 4 heteroatoms. The van der Waals surface area contributed by atoms with Crippen LogP contribution in [-0.4, -0.2) is 25.7 Å². The van der Waals surface area contributed by atoms with Crippen molar-refractivity contribution in [2.45, 2.75) is 64.8 Å². The zero-order valence-electron chi connectivity index (χ0n) is 16.4. The molecule has 2 rings (SSSR count). The van der Waals surface area contributed by atoms with Crippen LogP contribution in [0.15, 0.2) is 29.8 Å². The van der Waals surface area contributed by atoms with Gasteiger partial charge in [-0.1, -0.05) is 37.5 Å². The van der Waals surface area contributed by atoms with Crippen LogP contribution in [0.4, 0.5) is 4.39 Å². The number of benzene rings is 1. The lowest BCUT2D eigenvalue weighted by Crippen LogP contribution is -2.35. The second kappa shape index (κ2) is 11.3. The fourth-order valence-electron chi connectivity index (χ4n) is 3.36. The normalized spacial score (nSPS) is 15.9. The molecule has 26 heavy (non-hydrogen) atoms. The Morgan fingerprint density at radius 3 is 2.88 bits per heavy atom. The maximum atomic E-state index is 14.0. The van der Waals surface area contributed by atoms with Crippen LogP contribution in [0.1, 0.15) is 57.9 Å². The van der Waals surface area contributed by atoms with Crippen LogP contribution in [0, 0.1) is 11.7 Å². The van der Waals surface area contributed by atoms with E-state index in [2.05, 4.69) is 25.2 Å². The molecule has 1 atom stereocenters. The molecular weight excluding hydrogens is 327 g/mol. The SMILES string of the molecule is CCCC/C=C(\C)C(NCCOc1cccc(F)c1CCCN)C1CC1. The zero-order chi connectivity index (χ0) is 18.8. The van der Waals surface area contributed by atoms with Crippen LogP contribution in [-0.2, 0) is 6.42 Å². The summed E-state index contributed by atoms with van der Waals surface area (Å²) in [6.45, 7) is 6.34. The van der Waals surface area contributed by atoms with Gasteiger partial charge in [0.05, 0.1) is 0 Å². The van der Waals surface area contributed by atoms with E-state index in [-0.39, 0.29) is 5.82 Å². The Labute approximate surface area is 158 Å². The number of nitrogens with two attached hydrogens (primary N) is 1. The molecular formula is C22H35FN2O. The van der Waals surface area contributed by atoms with Crippen molar-refractivity contribution in [2.75, 3.05) is 19.7 Å². The third-order valence-electron chi connectivity index (χ3n) is 5.04. The Morgan fingerprint density at radius 1 is 1.38 bits per heavy atom. The van der Waals surface area contributed by atoms with Crippen molar-refractivity contribution >= 4 is 0 Å². The number of hydrogen-bond acceptors (Lipinski definition) is 3. The van der Waals surface area contributed by atoms with Gasteiger partial charge in [-0.2, -0.15) is 0 Å². The number of unbranched alkanes of at least 4 members (excludes halogenated alkanes) is 2. The van der Waals surface area contributed by atoms with E-state index in [1.54, 1.807) is 6.07 Å². The van der Waals surface area contributed by atoms with Gasteiger partial charge in [0.15, 0.2) is 0 Å². The van der Waals surface area contributed by atoms with Crippen molar-refractivity contribution < 1.29 is 9.13 Å². The smallest absolute Gasteiger partial charge is 0.130 e. The molecule has 0 radical (unpaired) electrons. The van der Waals surface area contributed by atoms with E-state index >= 15 is 0 Å². The van der Waals surface area contributed by atoms with Crippen molar-refractivity contribution in [1.82, 2.24) is 5.32 Å². The Balaban J connectivity index is 1.83. The minimum absolute atomic E-state index is 0.200. The monoisotopic (exact) mass is 362 g/mol. The number of rotatable bonds is 13. The first-order chi connectivity index (χ1) is 12.7. The molecule has 1 fully saturated rings. The summed E-state index contributed by atoms with van der Waals surface area (Å²) in [6.07, 6.45) is 10.0. The summed E-state index contributed by atoms with van der Waals surface area (Å²) in [4.78, 5) is 0. The lowest BCUT2D eigenvalue weighted by molar-refractivity contribution is 0.300. The quantitative estimate of drug-likeness (QED) is 0.398. The molecule has 3 N–H and O–H groups in total. The second-order valence-corrected chi connectivity index (χ2v) is 7.32. The van der Waals surface area contributed by atoms with E-state index in [9.17, 15) is 4.39 Å². The Kier molecular flexibility index (Phi) is 9.13. The second-order valence-electron chi connectivity index (χ2n) is 7.32. The van der Waals surface area contributed by atoms with Gasteiger partial charge in [-0.25, -0.2) is 4.39 Å². The van der Waals surface area contributed by atoms with Gasteiger partial charge < -0.3 is 15.8 Å². The minimum atomic E-state index is -0.200. The van der Waals surface area contributed by atoms with Crippen LogP contribution in [0.2, 0.25) is 0 Å². The third kappa shape index (κ3) is 6.73. The maximum absolute atomic E-state index is 14.0. The summed E-state index contributed by atoms with van der Waals surface area (Å²) in [6, 6.07) is 5.51. The van der Waals surface area contributed by atoms with E-state index in [0.717, 1.165) is 25.3 Å². The van der Waals surface area contributed by atoms with Crippen LogP contribution in [0.5, 0.6) is 5.75 Å². The van der Waals surface area contributed by atoms with Crippen LogP contribution >= 0.6 is 0 Å². The highest BCUT2D eigenvalue weighted by Gasteiger charge is 2.31. The fraction of sp³-hybridized carbons (Fsp3) is 0.636.